The van der Waals surface area contributed by atoms with E-state index in [2.05, 4.69) is 12.7 Å². The van der Waals surface area contributed by atoms with Crippen molar-refractivity contribution in [1.82, 2.24) is 4.90 Å². The van der Waals surface area contributed by atoms with E-state index in [0.717, 1.165) is 41.7 Å². The van der Waals surface area contributed by atoms with E-state index in [-0.39, 0.29) is 67.9 Å². The van der Waals surface area contributed by atoms with Crippen molar-refractivity contribution in [2.24, 2.45) is 22.9 Å². The Morgan fingerprint density at radius 3 is 2.22 bits per heavy atom. The molecule has 352 valence electrons. The van der Waals surface area contributed by atoms with E-state index >= 15 is 0 Å². The summed E-state index contributed by atoms with van der Waals surface area (Å²) in [6.07, 6.45) is 13.3. The molecule has 1 aliphatic heterocycles. The lowest BCUT2D eigenvalue weighted by Crippen LogP contribution is -2.69. The number of hydrogen-bond acceptors (Lipinski definition) is 13. The maximum absolute atomic E-state index is 14.5. The lowest BCUT2D eigenvalue weighted by molar-refractivity contribution is -0.385. The first-order chi connectivity index (χ1) is 32.5. The molecule has 2 aliphatic carbocycles. The largest absolute Gasteiger partial charge is 0.459 e. The molecule has 0 spiro atoms. The van der Waals surface area contributed by atoms with Crippen molar-refractivity contribution in [2.75, 3.05) is 33.1 Å². The van der Waals surface area contributed by atoms with Crippen molar-refractivity contribution in [1.29, 1.82) is 0 Å². The number of thioether (sulfide) groups is 1. The first-order valence-electron chi connectivity index (χ1n) is 22.4. The molecule has 6 unspecified atom stereocenters. The van der Waals surface area contributed by atoms with E-state index < -0.39 is 27.6 Å². The Kier molecular flexibility index (Phi) is 16.3. The number of oxime groups is 1. The Labute approximate surface area is 394 Å². The maximum Gasteiger partial charge on any atom is 0.269 e. The van der Waals surface area contributed by atoms with Crippen LogP contribution >= 0.6 is 11.8 Å². The van der Waals surface area contributed by atoms with Gasteiger partial charge in [-0.1, -0.05) is 30.1 Å². The van der Waals surface area contributed by atoms with Gasteiger partial charge in [0.15, 0.2) is 0 Å². The van der Waals surface area contributed by atoms with Crippen LogP contribution in [0.1, 0.15) is 67.6 Å². The topological polar surface area (TPSA) is 196 Å². The zero-order valence-electron chi connectivity index (χ0n) is 37.6. The highest BCUT2D eigenvalue weighted by Crippen LogP contribution is 2.62. The van der Waals surface area contributed by atoms with Crippen LogP contribution in [0, 0.1) is 38.0 Å². The minimum atomic E-state index is -1.50. The Bertz CT molecular complexity index is 2480. The van der Waals surface area contributed by atoms with Crippen LogP contribution in [0.2, 0.25) is 0 Å². The van der Waals surface area contributed by atoms with Gasteiger partial charge in [-0.25, -0.2) is 0 Å². The van der Waals surface area contributed by atoms with Crippen molar-refractivity contribution in [3.05, 3.63) is 158 Å². The van der Waals surface area contributed by atoms with Crippen LogP contribution in [-0.2, 0) is 21.0 Å². The van der Waals surface area contributed by atoms with Gasteiger partial charge in [0.1, 0.15) is 29.9 Å². The average Bonchev–Trinajstić information content (AvgIpc) is 3.34. The molecular formula is C51H56N4O11S. The van der Waals surface area contributed by atoms with Gasteiger partial charge < -0.3 is 34.2 Å². The highest BCUT2D eigenvalue weighted by Gasteiger charge is 2.65. The van der Waals surface area contributed by atoms with Crippen molar-refractivity contribution in [3.63, 3.8) is 0 Å². The summed E-state index contributed by atoms with van der Waals surface area (Å²) in [5, 5.41) is 47.4. The van der Waals surface area contributed by atoms with Crippen LogP contribution in [0.4, 0.5) is 11.4 Å². The normalized spacial score (nSPS) is 22.2. The number of ether oxygens (including phenoxy) is 3. The number of benzene rings is 4. The monoisotopic (exact) mass is 932 g/mol. The third kappa shape index (κ3) is 11.1. The van der Waals surface area contributed by atoms with Gasteiger partial charge in [-0.2, -0.15) is 0 Å². The van der Waals surface area contributed by atoms with Gasteiger partial charge in [0.05, 0.1) is 28.1 Å². The fourth-order valence-corrected chi connectivity index (χ4v) is 10.0. The molecule has 4 aromatic rings. The number of aliphatic hydroxyl groups excluding tert-OH is 2. The van der Waals surface area contributed by atoms with E-state index in [9.17, 15) is 35.2 Å². The third-order valence-corrected chi connectivity index (χ3v) is 13.6. The molecule has 6 atom stereocenters. The number of likely N-dealkylation sites (N-methyl/N-ethyl adjacent to an activating group) is 1. The number of non-ortho nitro benzene ring substituents is 2. The number of hydrogen-bond donors (Lipinski definition) is 2. The maximum atomic E-state index is 14.5. The van der Waals surface area contributed by atoms with Gasteiger partial charge in [0.25, 0.3) is 11.4 Å². The number of allylic oxidation sites excluding steroid dienone is 1. The summed E-state index contributed by atoms with van der Waals surface area (Å²) in [4.78, 5) is 45.0. The highest BCUT2D eigenvalue weighted by molar-refractivity contribution is 7.98. The molecule has 0 radical (unpaired) electrons. The number of fused-ring (bicyclic) bond motifs is 2. The summed E-state index contributed by atoms with van der Waals surface area (Å²) in [5.74, 6) is -0.929. The Balaban J connectivity index is 1.38. The number of amides is 1. The Morgan fingerprint density at radius 2 is 1.58 bits per heavy atom. The molecule has 4 aromatic carbocycles. The third-order valence-electron chi connectivity index (χ3n) is 12.8. The molecule has 15 nitrogen and oxygen atoms in total. The summed E-state index contributed by atoms with van der Waals surface area (Å²) >= 11 is 1.64. The summed E-state index contributed by atoms with van der Waals surface area (Å²) in [7, 11) is 1.68. The molecule has 1 fully saturated rings. The molecule has 3 aliphatic rings. The zero-order valence-corrected chi connectivity index (χ0v) is 38.4. The van der Waals surface area contributed by atoms with E-state index in [0.29, 0.717) is 46.9 Å². The molecule has 0 saturated heterocycles. The van der Waals surface area contributed by atoms with Gasteiger partial charge in [0.2, 0.25) is 11.7 Å². The molecule has 0 aromatic heterocycles. The smallest absolute Gasteiger partial charge is 0.269 e. The quantitative estimate of drug-likeness (QED) is 0.0189. The van der Waals surface area contributed by atoms with Gasteiger partial charge in [-0.05, 0) is 133 Å². The fraction of sp³-hybridized carbons (Fsp3) is 0.373. The molecule has 16 heteroatoms. The molecule has 1 amide bonds. The van der Waals surface area contributed by atoms with Gasteiger partial charge in [-0.3, -0.25) is 25.0 Å². The first-order valence-corrected chi connectivity index (χ1v) is 23.7. The second-order valence-electron chi connectivity index (χ2n) is 16.9. The fourth-order valence-electron chi connectivity index (χ4n) is 9.62. The van der Waals surface area contributed by atoms with Crippen molar-refractivity contribution in [2.45, 2.75) is 74.2 Å². The second-order valence-corrected chi connectivity index (χ2v) is 17.8. The molecule has 67 heavy (non-hydrogen) atoms. The standard InChI is InChI=1S/C51H56N4O11S/c1-4-29-63-51-47(53(2)48(58)26-15-34-11-16-37(17-12-34)54(59)60)32-45(52-64-33-35-13-18-38(19-14-35)55(61)62)43-30-36(9-5-7-27-56)42(10-6-8-28-57)49(50(43)51)44-31-40(22-25-46(44)66-51)65-39-20-23-41(67-3)24-21-39/h4,11-26,30-31,36,42,47,49-50,56-57H,1,5-10,27-29,32-33H2,2-3H3. The Morgan fingerprint density at radius 1 is 0.925 bits per heavy atom. The van der Waals surface area contributed by atoms with Gasteiger partial charge in [-0.15, -0.1) is 18.3 Å². The number of carbonyl (C=O) groups is 1. The van der Waals surface area contributed by atoms with Crippen LogP contribution in [0.3, 0.4) is 0 Å². The number of nitro groups is 2. The number of carbonyl (C=O) groups excluding carboxylic acids is 1. The molecule has 1 heterocycles. The van der Waals surface area contributed by atoms with Gasteiger partial charge >= 0.3 is 0 Å². The minimum absolute atomic E-state index is 0.00590. The summed E-state index contributed by atoms with van der Waals surface area (Å²) < 4.78 is 20.7. The van der Waals surface area contributed by atoms with E-state index in [1.165, 1.54) is 30.3 Å². The van der Waals surface area contributed by atoms with Crippen LogP contribution < -0.4 is 9.47 Å². The SMILES string of the molecule is C=CCOC12Oc3ccc(Oc4ccc(SC)cc4)cc3C3C(CCCCO)C(CCCCO)C=C(C(=NOCc4ccc([N+](=O)[O-])cc4)CC1N(C)C(=O)C=Cc1ccc([N+](=O)[O-])cc1)C32. The average molecular weight is 933 g/mol. The molecule has 1 saturated carbocycles. The number of nitrogens with zero attached hydrogens (tertiary/aromatic N) is 4. The van der Waals surface area contributed by atoms with Crippen molar-refractivity contribution >= 4 is 40.8 Å². The van der Waals surface area contributed by atoms with Crippen LogP contribution in [0.15, 0.2) is 131 Å². The molecular weight excluding hydrogens is 877 g/mol. The first kappa shape index (κ1) is 48.6. The predicted octanol–water partition coefficient (Wildman–Crippen LogP) is 10.0. The summed E-state index contributed by atoms with van der Waals surface area (Å²) in [5.41, 5.74) is 3.46. The van der Waals surface area contributed by atoms with Crippen LogP contribution in [-0.4, -0.2) is 81.5 Å². The zero-order chi connectivity index (χ0) is 47.5. The van der Waals surface area contributed by atoms with Gasteiger partial charge in [0, 0.05) is 73.4 Å². The number of rotatable bonds is 22. The number of unbranched alkanes of at least 4 members (excludes halogenated alkanes) is 2. The number of nitro benzene ring substituents is 2. The second kappa shape index (κ2) is 22.4. The minimum Gasteiger partial charge on any atom is -0.459 e. The van der Waals surface area contributed by atoms with E-state index in [1.807, 2.05) is 48.7 Å². The van der Waals surface area contributed by atoms with Crippen molar-refractivity contribution < 1.29 is 43.9 Å². The van der Waals surface area contributed by atoms with E-state index in [1.54, 1.807) is 60.1 Å². The Hall–Kier alpha value is -6.33. The van der Waals surface area contributed by atoms with Crippen LogP contribution in [0.5, 0.6) is 17.2 Å². The number of aliphatic hydroxyl groups is 2. The molecule has 2 N–H and O–H groups in total. The molecule has 7 rings (SSSR count). The summed E-state index contributed by atoms with van der Waals surface area (Å²) in [6.45, 7) is 4.18. The lowest BCUT2D eigenvalue weighted by atomic mass is 9.55. The lowest BCUT2D eigenvalue weighted by Gasteiger charge is -2.59. The van der Waals surface area contributed by atoms with Crippen molar-refractivity contribution in [3.8, 4) is 17.2 Å². The van der Waals surface area contributed by atoms with Crippen LogP contribution in [0.25, 0.3) is 6.08 Å². The highest BCUT2D eigenvalue weighted by atomic mass is 32.2. The predicted molar refractivity (Wildman–Crippen MR) is 256 cm³/mol. The summed E-state index contributed by atoms with van der Waals surface area (Å²) in [6, 6.07) is 24.8. The molecule has 0 bridgehead atoms. The van der Waals surface area contributed by atoms with E-state index in [4.69, 9.17) is 24.2 Å².